The van der Waals surface area contributed by atoms with Crippen LogP contribution in [0.15, 0.2) is 47.3 Å². The minimum atomic E-state index is -0.469. The summed E-state index contributed by atoms with van der Waals surface area (Å²) in [7, 11) is 3.24. The van der Waals surface area contributed by atoms with Crippen molar-refractivity contribution in [3.63, 3.8) is 0 Å². The molecule has 1 aromatic heterocycles. The summed E-state index contributed by atoms with van der Waals surface area (Å²) >= 11 is 6.31. The molecule has 158 valence electrons. The second kappa shape index (κ2) is 9.09. The molecule has 1 N–H and O–H groups in total. The minimum Gasteiger partial charge on any atom is -0.493 e. The molecule has 0 spiro atoms. The topological polar surface area (TPSA) is 74.5 Å². The lowest BCUT2D eigenvalue weighted by molar-refractivity contribution is 0.102. The molecule has 0 aliphatic carbocycles. The van der Waals surface area contributed by atoms with E-state index in [0.717, 1.165) is 6.42 Å². The van der Waals surface area contributed by atoms with Gasteiger partial charge in [0.05, 0.1) is 30.1 Å². The fraction of sp³-hybridized carbons (Fsp3) is 0.273. The highest BCUT2D eigenvalue weighted by atomic mass is 35.5. The highest BCUT2D eigenvalue weighted by Gasteiger charge is 2.21. The summed E-state index contributed by atoms with van der Waals surface area (Å²) in [4.78, 5) is 25.9. The number of amides is 1. The smallest absolute Gasteiger partial charge is 0.295 e. The molecule has 1 heterocycles. The van der Waals surface area contributed by atoms with Gasteiger partial charge < -0.3 is 14.8 Å². The highest BCUT2D eigenvalue weighted by molar-refractivity contribution is 6.32. The first-order valence-electron chi connectivity index (χ1n) is 9.54. The predicted octanol–water partition coefficient (Wildman–Crippen LogP) is 4.19. The summed E-state index contributed by atoms with van der Waals surface area (Å²) in [6.07, 6.45) is 0.808. The molecule has 3 aromatic rings. The number of aromatic nitrogens is 2. The monoisotopic (exact) mass is 429 g/mol. The maximum atomic E-state index is 13.0. The van der Waals surface area contributed by atoms with Gasteiger partial charge in [0.25, 0.3) is 11.5 Å². The van der Waals surface area contributed by atoms with Crippen LogP contribution in [0.2, 0.25) is 5.02 Å². The summed E-state index contributed by atoms with van der Waals surface area (Å²) in [5.41, 5.74) is 1.46. The molecule has 0 aliphatic rings. The van der Waals surface area contributed by atoms with Crippen molar-refractivity contribution in [2.24, 2.45) is 7.05 Å². The van der Waals surface area contributed by atoms with Crippen LogP contribution in [0.5, 0.6) is 11.5 Å². The molecule has 0 saturated heterocycles. The van der Waals surface area contributed by atoms with E-state index in [0.29, 0.717) is 29.5 Å². The summed E-state index contributed by atoms with van der Waals surface area (Å²) < 4.78 is 14.2. The number of hydrogen-bond acceptors (Lipinski definition) is 4. The molecule has 0 saturated carbocycles. The largest absolute Gasteiger partial charge is 0.493 e. The van der Waals surface area contributed by atoms with Gasteiger partial charge in [0.15, 0.2) is 11.5 Å². The number of methoxy groups -OCH3 is 1. The van der Waals surface area contributed by atoms with Gasteiger partial charge in [-0.1, -0.05) is 36.7 Å². The number of nitrogens with one attached hydrogen (secondary N) is 1. The Morgan fingerprint density at radius 2 is 1.90 bits per heavy atom. The number of carbonyl (C=O) groups excluding carboxylic acids is 1. The third-order valence-electron chi connectivity index (χ3n) is 4.73. The van der Waals surface area contributed by atoms with Crippen molar-refractivity contribution >= 4 is 23.2 Å². The SMILES string of the molecule is CCCOc1c(Cl)cc(C(=O)Nc2c(C)n(C)n(-c3ccccc3)c2=O)cc1OC. The van der Waals surface area contributed by atoms with Crippen molar-refractivity contribution < 1.29 is 14.3 Å². The molecule has 30 heavy (non-hydrogen) atoms. The van der Waals surface area contributed by atoms with Gasteiger partial charge in [-0.05, 0) is 37.6 Å². The number of carbonyl (C=O) groups is 1. The lowest BCUT2D eigenvalue weighted by Gasteiger charge is -2.13. The van der Waals surface area contributed by atoms with Crippen LogP contribution >= 0.6 is 11.6 Å². The summed E-state index contributed by atoms with van der Waals surface area (Å²) in [5.74, 6) is 0.274. The lowest BCUT2D eigenvalue weighted by atomic mass is 10.1. The van der Waals surface area contributed by atoms with Crippen molar-refractivity contribution in [1.29, 1.82) is 0 Å². The van der Waals surface area contributed by atoms with E-state index in [2.05, 4.69) is 5.32 Å². The minimum absolute atomic E-state index is 0.202. The number of nitrogens with zero attached hydrogens (tertiary/aromatic N) is 2. The third kappa shape index (κ3) is 4.07. The molecular weight excluding hydrogens is 406 g/mol. The second-order valence-corrected chi connectivity index (χ2v) is 7.14. The summed E-state index contributed by atoms with van der Waals surface area (Å²) in [6.45, 7) is 4.22. The first-order chi connectivity index (χ1) is 14.4. The van der Waals surface area contributed by atoms with Crippen LogP contribution in [0, 0.1) is 6.92 Å². The van der Waals surface area contributed by atoms with E-state index < -0.39 is 5.91 Å². The molecule has 0 fully saturated rings. The Kier molecular flexibility index (Phi) is 6.52. The van der Waals surface area contributed by atoms with Crippen molar-refractivity contribution in [1.82, 2.24) is 9.36 Å². The zero-order valence-electron chi connectivity index (χ0n) is 17.4. The van der Waals surface area contributed by atoms with Crippen molar-refractivity contribution in [3.05, 3.63) is 69.1 Å². The number of ether oxygens (including phenoxy) is 2. The first kappa shape index (κ1) is 21.5. The van der Waals surface area contributed by atoms with Crippen LogP contribution in [0.4, 0.5) is 5.69 Å². The Morgan fingerprint density at radius 3 is 2.53 bits per heavy atom. The second-order valence-electron chi connectivity index (χ2n) is 6.73. The quantitative estimate of drug-likeness (QED) is 0.611. The van der Waals surface area contributed by atoms with Gasteiger partial charge in [0, 0.05) is 12.6 Å². The Bertz CT molecular complexity index is 1120. The van der Waals surface area contributed by atoms with Gasteiger partial charge in [0.1, 0.15) is 5.69 Å². The van der Waals surface area contributed by atoms with Gasteiger partial charge >= 0.3 is 0 Å². The van der Waals surface area contributed by atoms with Gasteiger partial charge in [-0.25, -0.2) is 4.68 Å². The molecule has 2 aromatic carbocycles. The van der Waals surface area contributed by atoms with E-state index in [1.807, 2.05) is 37.3 Å². The van der Waals surface area contributed by atoms with Gasteiger partial charge in [0.2, 0.25) is 0 Å². The normalized spacial score (nSPS) is 10.7. The zero-order valence-corrected chi connectivity index (χ0v) is 18.1. The molecule has 1 amide bonds. The maximum Gasteiger partial charge on any atom is 0.295 e. The number of para-hydroxylation sites is 1. The highest BCUT2D eigenvalue weighted by Crippen LogP contribution is 2.36. The van der Waals surface area contributed by atoms with Crippen molar-refractivity contribution in [3.8, 4) is 17.2 Å². The Hall–Kier alpha value is -3.19. The fourth-order valence-electron chi connectivity index (χ4n) is 3.09. The van der Waals surface area contributed by atoms with E-state index in [-0.39, 0.29) is 21.8 Å². The van der Waals surface area contributed by atoms with E-state index in [1.165, 1.54) is 17.9 Å². The summed E-state index contributed by atoms with van der Waals surface area (Å²) in [6, 6.07) is 12.3. The number of anilines is 1. The average Bonchev–Trinajstić information content (AvgIpc) is 2.96. The third-order valence-corrected chi connectivity index (χ3v) is 5.02. The Morgan fingerprint density at radius 1 is 1.20 bits per heavy atom. The van der Waals surface area contributed by atoms with Crippen molar-refractivity contribution in [2.45, 2.75) is 20.3 Å². The Labute approximate surface area is 179 Å². The maximum absolute atomic E-state index is 13.0. The molecule has 0 radical (unpaired) electrons. The number of halogens is 1. The molecule has 0 atom stereocenters. The van der Waals surface area contributed by atoms with Crippen LogP contribution in [0.25, 0.3) is 5.69 Å². The molecule has 0 aliphatic heterocycles. The van der Waals surface area contributed by atoms with E-state index >= 15 is 0 Å². The van der Waals surface area contributed by atoms with Gasteiger partial charge in [-0.2, -0.15) is 0 Å². The van der Waals surface area contributed by atoms with E-state index in [9.17, 15) is 9.59 Å². The standard InChI is InChI=1S/C22H24ClN3O4/c1-5-11-30-20-17(23)12-15(13-18(20)29-4)21(27)24-19-14(2)25(3)26(22(19)28)16-9-7-6-8-10-16/h6-10,12-13H,5,11H2,1-4H3,(H,24,27). The van der Waals surface area contributed by atoms with E-state index in [4.69, 9.17) is 21.1 Å². The van der Waals surface area contributed by atoms with Crippen LogP contribution in [0.1, 0.15) is 29.4 Å². The molecule has 7 nitrogen and oxygen atoms in total. The van der Waals surface area contributed by atoms with E-state index in [1.54, 1.807) is 24.7 Å². The van der Waals surface area contributed by atoms with Crippen LogP contribution in [-0.2, 0) is 7.05 Å². The van der Waals surface area contributed by atoms with Crippen molar-refractivity contribution in [2.75, 3.05) is 19.0 Å². The molecular formula is C22H24ClN3O4. The molecule has 0 bridgehead atoms. The van der Waals surface area contributed by atoms with Gasteiger partial charge in [-0.15, -0.1) is 0 Å². The van der Waals surface area contributed by atoms with Crippen LogP contribution in [-0.4, -0.2) is 29.0 Å². The molecule has 3 rings (SSSR count). The molecule has 0 unspecified atom stereocenters. The first-order valence-corrected chi connectivity index (χ1v) is 9.92. The average molecular weight is 430 g/mol. The van der Waals surface area contributed by atoms with Crippen LogP contribution < -0.4 is 20.3 Å². The Balaban J connectivity index is 1.95. The van der Waals surface area contributed by atoms with Crippen LogP contribution in [0.3, 0.4) is 0 Å². The lowest BCUT2D eigenvalue weighted by Crippen LogP contribution is -2.23. The zero-order chi connectivity index (χ0) is 21.8. The van der Waals surface area contributed by atoms with Gasteiger partial charge in [-0.3, -0.25) is 14.3 Å². The predicted molar refractivity (Wildman–Crippen MR) is 117 cm³/mol. The molecule has 8 heteroatoms. The number of hydrogen-bond donors (Lipinski definition) is 1. The number of rotatable bonds is 7. The number of benzene rings is 2. The summed E-state index contributed by atoms with van der Waals surface area (Å²) in [5, 5.41) is 2.98. The fourth-order valence-corrected chi connectivity index (χ4v) is 3.36.